The van der Waals surface area contributed by atoms with Gasteiger partial charge in [0.25, 0.3) is 0 Å². The molecule has 0 N–H and O–H groups in total. The summed E-state index contributed by atoms with van der Waals surface area (Å²) in [5.41, 5.74) is 0. The predicted molar refractivity (Wildman–Crippen MR) is 71.9 cm³/mol. The van der Waals surface area contributed by atoms with Crippen LogP contribution in [-0.4, -0.2) is 67.0 Å². The lowest BCUT2D eigenvalue weighted by molar-refractivity contribution is -0.133. The highest BCUT2D eigenvalue weighted by molar-refractivity contribution is 6.17. The van der Waals surface area contributed by atoms with Gasteiger partial charge in [-0.05, 0) is 19.3 Å². The first-order valence-electron chi connectivity index (χ1n) is 6.97. The SMILES string of the molecule is O=C(CCCCl)N1CCN(CC2CCCO2)CC1. The average molecular weight is 275 g/mol. The van der Waals surface area contributed by atoms with E-state index in [1.807, 2.05) is 4.90 Å². The largest absolute Gasteiger partial charge is 0.377 e. The summed E-state index contributed by atoms with van der Waals surface area (Å²) in [4.78, 5) is 16.2. The number of alkyl halides is 1. The molecule has 18 heavy (non-hydrogen) atoms. The van der Waals surface area contributed by atoms with Gasteiger partial charge in [-0.3, -0.25) is 9.69 Å². The van der Waals surface area contributed by atoms with Crippen LogP contribution in [0.3, 0.4) is 0 Å². The molecule has 0 aromatic carbocycles. The van der Waals surface area contributed by atoms with Crippen LogP contribution >= 0.6 is 11.6 Å². The lowest BCUT2D eigenvalue weighted by Gasteiger charge is -2.35. The first-order valence-corrected chi connectivity index (χ1v) is 7.51. The first-order chi connectivity index (χ1) is 8.79. The van der Waals surface area contributed by atoms with E-state index in [0.717, 1.165) is 45.8 Å². The molecule has 0 aromatic rings. The number of carbonyl (C=O) groups excluding carboxylic acids is 1. The van der Waals surface area contributed by atoms with Crippen molar-refractivity contribution < 1.29 is 9.53 Å². The highest BCUT2D eigenvalue weighted by Crippen LogP contribution is 2.14. The van der Waals surface area contributed by atoms with E-state index in [0.29, 0.717) is 18.4 Å². The molecule has 104 valence electrons. The number of amides is 1. The molecule has 0 bridgehead atoms. The molecule has 2 aliphatic rings. The fraction of sp³-hybridized carbons (Fsp3) is 0.923. The van der Waals surface area contributed by atoms with Crippen LogP contribution in [0, 0.1) is 0 Å². The van der Waals surface area contributed by atoms with Gasteiger partial charge in [0.05, 0.1) is 6.10 Å². The van der Waals surface area contributed by atoms with Gasteiger partial charge in [-0.15, -0.1) is 11.6 Å². The van der Waals surface area contributed by atoms with E-state index in [2.05, 4.69) is 4.90 Å². The van der Waals surface area contributed by atoms with E-state index < -0.39 is 0 Å². The van der Waals surface area contributed by atoms with Crippen LogP contribution in [-0.2, 0) is 9.53 Å². The number of rotatable bonds is 5. The van der Waals surface area contributed by atoms with Gasteiger partial charge >= 0.3 is 0 Å². The Hall–Kier alpha value is -0.320. The lowest BCUT2D eigenvalue weighted by Crippen LogP contribution is -2.50. The summed E-state index contributed by atoms with van der Waals surface area (Å²) < 4.78 is 5.65. The molecule has 5 heteroatoms. The van der Waals surface area contributed by atoms with Crippen molar-refractivity contribution in [3.8, 4) is 0 Å². The summed E-state index contributed by atoms with van der Waals surface area (Å²) >= 11 is 5.61. The zero-order valence-corrected chi connectivity index (χ0v) is 11.7. The standard InChI is InChI=1S/C13H23ClN2O2/c14-5-1-4-13(17)16-8-6-15(7-9-16)11-12-3-2-10-18-12/h12H,1-11H2. The van der Waals surface area contributed by atoms with Crippen LogP contribution < -0.4 is 0 Å². The van der Waals surface area contributed by atoms with Crippen molar-refractivity contribution in [2.45, 2.75) is 31.8 Å². The summed E-state index contributed by atoms with van der Waals surface area (Å²) in [5.74, 6) is 0.831. The maximum atomic E-state index is 11.8. The Balaban J connectivity index is 1.65. The molecule has 4 nitrogen and oxygen atoms in total. The summed E-state index contributed by atoms with van der Waals surface area (Å²) in [6.45, 7) is 5.62. The first kappa shape index (κ1) is 14.1. The summed E-state index contributed by atoms with van der Waals surface area (Å²) in [6, 6.07) is 0. The Morgan fingerprint density at radius 2 is 2.06 bits per heavy atom. The zero-order chi connectivity index (χ0) is 12.8. The highest BCUT2D eigenvalue weighted by atomic mass is 35.5. The molecule has 0 aromatic heterocycles. The Morgan fingerprint density at radius 1 is 1.28 bits per heavy atom. The maximum absolute atomic E-state index is 11.8. The maximum Gasteiger partial charge on any atom is 0.222 e. The third-order valence-electron chi connectivity index (χ3n) is 3.74. The van der Waals surface area contributed by atoms with Crippen molar-refractivity contribution >= 4 is 17.5 Å². The topological polar surface area (TPSA) is 32.8 Å². The molecule has 1 unspecified atom stereocenters. The second-order valence-electron chi connectivity index (χ2n) is 5.11. The molecular weight excluding hydrogens is 252 g/mol. The zero-order valence-electron chi connectivity index (χ0n) is 10.9. The van der Waals surface area contributed by atoms with Crippen LogP contribution in [0.25, 0.3) is 0 Å². The molecular formula is C13H23ClN2O2. The molecule has 0 saturated carbocycles. The molecule has 0 spiro atoms. The molecule has 2 saturated heterocycles. The Kier molecular flexibility index (Phi) is 5.73. The third kappa shape index (κ3) is 4.11. The lowest BCUT2D eigenvalue weighted by atomic mass is 10.2. The number of halogens is 1. The van der Waals surface area contributed by atoms with Gasteiger partial charge in [0.1, 0.15) is 0 Å². The van der Waals surface area contributed by atoms with Gasteiger partial charge in [-0.2, -0.15) is 0 Å². The van der Waals surface area contributed by atoms with Crippen molar-refractivity contribution in [2.75, 3.05) is 45.2 Å². The van der Waals surface area contributed by atoms with Crippen LogP contribution in [0.4, 0.5) is 0 Å². The molecule has 2 fully saturated rings. The Bertz CT molecular complexity index is 262. The van der Waals surface area contributed by atoms with E-state index >= 15 is 0 Å². The second-order valence-corrected chi connectivity index (χ2v) is 5.49. The molecule has 2 aliphatic heterocycles. The van der Waals surface area contributed by atoms with Crippen LogP contribution in [0.5, 0.6) is 0 Å². The fourth-order valence-electron chi connectivity index (χ4n) is 2.63. The number of hydrogen-bond donors (Lipinski definition) is 0. The van der Waals surface area contributed by atoms with Crippen molar-refractivity contribution in [3.05, 3.63) is 0 Å². The molecule has 1 atom stereocenters. The van der Waals surface area contributed by atoms with Crippen molar-refractivity contribution in [2.24, 2.45) is 0 Å². The molecule has 2 rings (SSSR count). The molecule has 2 heterocycles. The smallest absolute Gasteiger partial charge is 0.222 e. The average Bonchev–Trinajstić information content (AvgIpc) is 2.89. The number of nitrogens with zero attached hydrogens (tertiary/aromatic N) is 2. The fourth-order valence-corrected chi connectivity index (χ4v) is 2.77. The van der Waals surface area contributed by atoms with E-state index in [-0.39, 0.29) is 5.91 Å². The van der Waals surface area contributed by atoms with E-state index in [4.69, 9.17) is 16.3 Å². The van der Waals surface area contributed by atoms with Gasteiger partial charge in [0.15, 0.2) is 0 Å². The quantitative estimate of drug-likeness (QED) is 0.709. The van der Waals surface area contributed by atoms with Gasteiger partial charge in [0, 0.05) is 51.6 Å². The molecule has 0 radical (unpaired) electrons. The number of ether oxygens (including phenoxy) is 1. The molecule has 1 amide bonds. The molecule has 0 aliphatic carbocycles. The number of hydrogen-bond acceptors (Lipinski definition) is 3. The van der Waals surface area contributed by atoms with Crippen LogP contribution in [0.2, 0.25) is 0 Å². The van der Waals surface area contributed by atoms with Crippen molar-refractivity contribution in [1.29, 1.82) is 0 Å². The predicted octanol–water partition coefficient (Wildman–Crippen LogP) is 1.33. The monoisotopic (exact) mass is 274 g/mol. The minimum Gasteiger partial charge on any atom is -0.377 e. The van der Waals surface area contributed by atoms with Gasteiger partial charge in [-0.1, -0.05) is 0 Å². The van der Waals surface area contributed by atoms with E-state index in [1.54, 1.807) is 0 Å². The van der Waals surface area contributed by atoms with Gasteiger partial charge in [0.2, 0.25) is 5.91 Å². The minimum absolute atomic E-state index is 0.257. The highest BCUT2D eigenvalue weighted by Gasteiger charge is 2.24. The van der Waals surface area contributed by atoms with E-state index in [9.17, 15) is 4.79 Å². The second kappa shape index (κ2) is 7.31. The summed E-state index contributed by atoms with van der Waals surface area (Å²) in [7, 11) is 0. The summed E-state index contributed by atoms with van der Waals surface area (Å²) in [6.07, 6.45) is 4.19. The number of piperazine rings is 1. The third-order valence-corrected chi connectivity index (χ3v) is 4.00. The Labute approximate surface area is 114 Å². The van der Waals surface area contributed by atoms with Gasteiger partial charge < -0.3 is 9.64 Å². The van der Waals surface area contributed by atoms with E-state index in [1.165, 1.54) is 12.8 Å². The number of carbonyl (C=O) groups is 1. The van der Waals surface area contributed by atoms with Crippen molar-refractivity contribution in [1.82, 2.24) is 9.80 Å². The van der Waals surface area contributed by atoms with Crippen molar-refractivity contribution in [3.63, 3.8) is 0 Å². The van der Waals surface area contributed by atoms with Gasteiger partial charge in [-0.25, -0.2) is 0 Å². The Morgan fingerprint density at radius 3 is 2.67 bits per heavy atom. The normalized spacial score (nSPS) is 25.6. The van der Waals surface area contributed by atoms with Crippen LogP contribution in [0.15, 0.2) is 0 Å². The minimum atomic E-state index is 0.257. The van der Waals surface area contributed by atoms with Crippen LogP contribution in [0.1, 0.15) is 25.7 Å². The summed E-state index contributed by atoms with van der Waals surface area (Å²) in [5, 5.41) is 0.